The van der Waals surface area contributed by atoms with E-state index < -0.39 is 11.5 Å². The molecular weight excluding hydrogens is 338 g/mol. The molecule has 0 bridgehead atoms. The Kier molecular flexibility index (Phi) is 4.61. The second kappa shape index (κ2) is 6.87. The van der Waals surface area contributed by atoms with Crippen molar-refractivity contribution in [1.29, 1.82) is 0 Å². The molecule has 0 aliphatic carbocycles. The predicted octanol–water partition coefficient (Wildman–Crippen LogP) is 1.34. The average Bonchev–Trinajstić information content (AvgIpc) is 3.05. The molecule has 0 spiro atoms. The molecule has 1 aromatic carbocycles. The van der Waals surface area contributed by atoms with Crippen molar-refractivity contribution in [3.63, 3.8) is 0 Å². The van der Waals surface area contributed by atoms with Gasteiger partial charge in [0.1, 0.15) is 0 Å². The summed E-state index contributed by atoms with van der Waals surface area (Å²) in [7, 11) is 1.27. The first kappa shape index (κ1) is 17.5. The third kappa shape index (κ3) is 3.23. The van der Waals surface area contributed by atoms with Crippen LogP contribution in [0.4, 0.5) is 5.69 Å². The molecule has 136 valence electrons. The highest BCUT2D eigenvalue weighted by Crippen LogP contribution is 2.18. The second-order valence-corrected chi connectivity index (χ2v) is 6.30. The summed E-state index contributed by atoms with van der Waals surface area (Å²) in [5, 5.41) is 22.6. The van der Waals surface area contributed by atoms with Crippen molar-refractivity contribution in [1.82, 2.24) is 15.2 Å². The lowest BCUT2D eigenvalue weighted by Gasteiger charge is -2.12. The Morgan fingerprint density at radius 2 is 2.19 bits per heavy atom. The fourth-order valence-corrected chi connectivity index (χ4v) is 2.67. The number of carbonyl (C=O) groups excluding carboxylic acids is 1. The molecular formula is C17H19N5O4. The minimum atomic E-state index is -0.650. The van der Waals surface area contributed by atoms with E-state index in [-0.39, 0.29) is 29.6 Å². The molecule has 26 heavy (non-hydrogen) atoms. The third-order valence-electron chi connectivity index (χ3n) is 3.86. The number of methoxy groups -OCH3 is 1. The molecule has 9 nitrogen and oxygen atoms in total. The Bertz CT molecular complexity index is 1020. The number of benzene rings is 1. The topological polar surface area (TPSA) is 127 Å². The number of aromatic amines is 2. The van der Waals surface area contributed by atoms with Crippen molar-refractivity contribution in [3.8, 4) is 5.88 Å². The van der Waals surface area contributed by atoms with Gasteiger partial charge in [-0.3, -0.25) is 14.7 Å². The highest BCUT2D eigenvalue weighted by molar-refractivity contribution is 6.04. The number of hydrogen-bond donors (Lipinski definition) is 3. The maximum atomic E-state index is 12.6. The van der Waals surface area contributed by atoms with Crippen molar-refractivity contribution in [2.45, 2.75) is 20.3 Å². The zero-order valence-electron chi connectivity index (χ0n) is 14.6. The number of nitrogens with one attached hydrogen (secondary N) is 3. The molecule has 0 radical (unpaired) electrons. The number of fused-ring (bicyclic) bond motifs is 1. The highest BCUT2D eigenvalue weighted by atomic mass is 16.5. The largest absolute Gasteiger partial charge is 0.616 e. The summed E-state index contributed by atoms with van der Waals surface area (Å²) >= 11 is 0. The molecule has 3 rings (SSSR count). The van der Waals surface area contributed by atoms with E-state index in [1.807, 2.05) is 13.8 Å². The zero-order chi connectivity index (χ0) is 18.8. The summed E-state index contributed by atoms with van der Waals surface area (Å²) in [6.45, 7) is 3.77. The lowest BCUT2D eigenvalue weighted by molar-refractivity contribution is -0.622. The minimum Gasteiger partial charge on any atom is -0.616 e. The molecule has 2 heterocycles. The van der Waals surface area contributed by atoms with Crippen LogP contribution in [-0.2, 0) is 6.42 Å². The molecule has 0 saturated carbocycles. The number of H-pyrrole nitrogens is 2. The highest BCUT2D eigenvalue weighted by Gasteiger charge is 2.27. The lowest BCUT2D eigenvalue weighted by atomic mass is 10.1. The molecule has 0 aliphatic rings. The van der Waals surface area contributed by atoms with Crippen LogP contribution < -0.4 is 20.3 Å². The van der Waals surface area contributed by atoms with Crippen LogP contribution in [-0.4, -0.2) is 28.2 Å². The van der Waals surface area contributed by atoms with E-state index in [1.165, 1.54) is 7.11 Å². The summed E-state index contributed by atoms with van der Waals surface area (Å²) in [6.07, 6.45) is 1.90. The Labute approximate surface area is 148 Å². The predicted molar refractivity (Wildman–Crippen MR) is 95.2 cm³/mol. The Morgan fingerprint density at radius 3 is 2.88 bits per heavy atom. The van der Waals surface area contributed by atoms with E-state index in [2.05, 4.69) is 20.5 Å². The van der Waals surface area contributed by atoms with E-state index in [0.717, 1.165) is 10.9 Å². The van der Waals surface area contributed by atoms with E-state index >= 15 is 0 Å². The Balaban J connectivity index is 1.96. The number of hydrogen-bond acceptors (Lipinski definition) is 5. The monoisotopic (exact) mass is 357 g/mol. The molecule has 0 aliphatic heterocycles. The number of amides is 1. The molecule has 0 unspecified atom stereocenters. The van der Waals surface area contributed by atoms with Crippen LogP contribution in [0.25, 0.3) is 10.9 Å². The third-order valence-corrected chi connectivity index (χ3v) is 3.86. The average molecular weight is 357 g/mol. The van der Waals surface area contributed by atoms with E-state index in [4.69, 9.17) is 4.74 Å². The van der Waals surface area contributed by atoms with Gasteiger partial charge in [-0.25, -0.2) is 0 Å². The van der Waals surface area contributed by atoms with Gasteiger partial charge in [0.25, 0.3) is 11.6 Å². The molecule has 1 amide bonds. The lowest BCUT2D eigenvalue weighted by Crippen LogP contribution is -2.44. The first-order valence-corrected chi connectivity index (χ1v) is 8.08. The fraction of sp³-hybridized carbons (Fsp3) is 0.294. The number of ether oxygens (including phenoxy) is 1. The van der Waals surface area contributed by atoms with Crippen LogP contribution in [0.3, 0.4) is 0 Å². The van der Waals surface area contributed by atoms with Gasteiger partial charge in [-0.05, 0) is 24.1 Å². The standard InChI is InChI=1S/C17H19N5O4/c1-9(2)6-13-15(23)20-14(17(26-3)22(13)25)16(24)19-11-4-5-12-10(7-11)8-18-21-12/h4-5,7-9H,6H2,1-3H3,(H,18,21)(H,19,24)(H,20,23). The summed E-state index contributed by atoms with van der Waals surface area (Å²) in [4.78, 5) is 27.3. The van der Waals surface area contributed by atoms with Gasteiger partial charge in [0.15, 0.2) is 0 Å². The zero-order valence-corrected chi connectivity index (χ0v) is 14.6. The molecule has 0 fully saturated rings. The molecule has 2 aromatic heterocycles. The Morgan fingerprint density at radius 1 is 1.42 bits per heavy atom. The van der Waals surface area contributed by atoms with E-state index in [9.17, 15) is 14.8 Å². The maximum absolute atomic E-state index is 12.6. The number of anilines is 1. The summed E-state index contributed by atoms with van der Waals surface area (Å²) in [5.41, 5.74) is 0.491. The normalized spacial score (nSPS) is 11.1. The first-order chi connectivity index (χ1) is 12.4. The summed E-state index contributed by atoms with van der Waals surface area (Å²) < 4.78 is 5.46. The Hall–Kier alpha value is -3.36. The van der Waals surface area contributed by atoms with Gasteiger partial charge in [-0.15, -0.1) is 4.73 Å². The first-order valence-electron chi connectivity index (χ1n) is 8.08. The van der Waals surface area contributed by atoms with E-state index in [1.54, 1.807) is 24.4 Å². The molecule has 0 saturated heterocycles. The molecule has 3 N–H and O–H groups in total. The van der Waals surface area contributed by atoms with Crippen LogP contribution in [0.5, 0.6) is 5.88 Å². The van der Waals surface area contributed by atoms with Crippen LogP contribution in [0.2, 0.25) is 0 Å². The molecule has 0 atom stereocenters. The van der Waals surface area contributed by atoms with Crippen molar-refractivity contribution in [2.24, 2.45) is 5.92 Å². The van der Waals surface area contributed by atoms with Crippen LogP contribution >= 0.6 is 0 Å². The number of rotatable bonds is 5. The maximum Gasteiger partial charge on any atom is 0.409 e. The molecule has 9 heteroatoms. The van der Waals surface area contributed by atoms with Gasteiger partial charge >= 0.3 is 11.4 Å². The second-order valence-electron chi connectivity index (χ2n) is 6.30. The van der Waals surface area contributed by atoms with Crippen molar-refractivity contribution in [3.05, 3.63) is 51.3 Å². The molecule has 3 aromatic rings. The van der Waals surface area contributed by atoms with Gasteiger partial charge in [0, 0.05) is 17.5 Å². The number of nitrogens with zero attached hydrogens (tertiary/aromatic N) is 2. The SMILES string of the molecule is COc1c(C(=O)Nc2ccc3[nH]ncc3c2)[nH]c(=O)c(CC(C)C)[n+]1[O-]. The smallest absolute Gasteiger partial charge is 0.409 e. The minimum absolute atomic E-state index is 0.00761. The van der Waals surface area contributed by atoms with E-state index in [0.29, 0.717) is 10.4 Å². The van der Waals surface area contributed by atoms with Gasteiger partial charge < -0.3 is 20.2 Å². The van der Waals surface area contributed by atoms with Crippen LogP contribution in [0.15, 0.2) is 29.2 Å². The van der Waals surface area contributed by atoms with Gasteiger partial charge in [-0.2, -0.15) is 5.10 Å². The van der Waals surface area contributed by atoms with Crippen LogP contribution in [0, 0.1) is 11.1 Å². The number of aromatic nitrogens is 4. The van der Waals surface area contributed by atoms with Gasteiger partial charge in [0.05, 0.1) is 18.8 Å². The fourth-order valence-electron chi connectivity index (χ4n) is 2.67. The van der Waals surface area contributed by atoms with Gasteiger partial charge in [0.2, 0.25) is 5.69 Å². The quantitative estimate of drug-likeness (QED) is 0.469. The van der Waals surface area contributed by atoms with Crippen molar-refractivity contribution >= 4 is 22.5 Å². The van der Waals surface area contributed by atoms with Gasteiger partial charge in [-0.1, -0.05) is 13.8 Å². The van der Waals surface area contributed by atoms with Crippen LogP contribution in [0.1, 0.15) is 30.0 Å². The summed E-state index contributed by atoms with van der Waals surface area (Å²) in [6, 6.07) is 5.17. The summed E-state index contributed by atoms with van der Waals surface area (Å²) in [5.74, 6) is -0.799. The van der Waals surface area contributed by atoms with Crippen molar-refractivity contribution in [2.75, 3.05) is 12.4 Å². The number of carbonyl (C=O) groups is 1. The van der Waals surface area contributed by atoms with Crippen molar-refractivity contribution < 1.29 is 14.3 Å².